The summed E-state index contributed by atoms with van der Waals surface area (Å²) in [5.74, 6) is 0. The third kappa shape index (κ3) is 3.81. The van der Waals surface area contributed by atoms with Crippen LogP contribution in [0.3, 0.4) is 0 Å². The van der Waals surface area contributed by atoms with Crippen LogP contribution in [0.25, 0.3) is 66.0 Å². The summed E-state index contributed by atoms with van der Waals surface area (Å²) in [6.07, 6.45) is 0. The molecule has 3 aliphatic heterocycles. The molecule has 0 aliphatic carbocycles. The molecule has 0 unspecified atom stereocenters. The first-order chi connectivity index (χ1) is 27.8. The molecular weight excluding hydrogens is 691 g/mol. The van der Waals surface area contributed by atoms with Gasteiger partial charge in [-0.25, -0.2) is 0 Å². The maximum absolute atomic E-state index is 3.91. The molecule has 1 N–H and O–H groups in total. The highest BCUT2D eigenvalue weighted by molar-refractivity contribution is 7.23. The molecule has 0 saturated heterocycles. The zero-order valence-electron chi connectivity index (χ0n) is 30.4. The number of H-pyrrole nitrogens is 1. The molecule has 9 aromatic carbocycles. The molecule has 257 valence electrons. The van der Waals surface area contributed by atoms with E-state index in [9.17, 15) is 0 Å². The van der Waals surface area contributed by atoms with E-state index in [1.54, 1.807) is 0 Å². The lowest BCUT2D eigenvalue weighted by Crippen LogP contribution is -2.76. The van der Waals surface area contributed by atoms with Gasteiger partial charge in [-0.05, 0) is 89.1 Å². The second-order valence-electron chi connectivity index (χ2n) is 15.5. The fourth-order valence-corrected chi connectivity index (χ4v) is 16.2. The second kappa shape index (κ2) is 11.1. The summed E-state index contributed by atoms with van der Waals surface area (Å²) in [5.41, 5.74) is 16.3. The van der Waals surface area contributed by atoms with Gasteiger partial charge in [0.05, 0.1) is 5.52 Å². The van der Waals surface area contributed by atoms with Gasteiger partial charge in [-0.3, -0.25) is 0 Å². The molecule has 4 heteroatoms. The van der Waals surface area contributed by atoms with Crippen LogP contribution in [0.15, 0.2) is 188 Å². The Balaban J connectivity index is 1.13. The van der Waals surface area contributed by atoms with Crippen LogP contribution in [0.4, 0.5) is 17.1 Å². The first-order valence-electron chi connectivity index (χ1n) is 19.5. The maximum atomic E-state index is 3.91. The molecule has 3 aliphatic rings. The molecule has 0 saturated carbocycles. The Kier molecular flexibility index (Phi) is 6.03. The molecule has 13 rings (SSSR count). The average molecular weight is 724 g/mol. The Labute approximate surface area is 326 Å². The van der Waals surface area contributed by atoms with Crippen molar-refractivity contribution in [3.05, 3.63) is 188 Å². The molecular formula is C52H32BN2Si. The van der Waals surface area contributed by atoms with Crippen LogP contribution < -0.4 is 36.6 Å². The number of para-hydroxylation sites is 3. The zero-order valence-corrected chi connectivity index (χ0v) is 31.4. The maximum Gasteiger partial charge on any atom is 0.197 e. The standard InChI is InChI=1S/C52H32BN2Si/c1-2-14-32(15-3-1)34-30-40(38-20-12-21-39-49-35-17-5-4-16-33(35)28-29-42(49)54-51(38)39)50-44(31-34)55-43-23-8-11-26-47(43)56(48-27-13-22-41(53-50)52(48)55)45-24-9-6-18-36(45)37-19-7-10-25-46(37)56/h1-31,54H. The second-order valence-corrected chi connectivity index (χ2v) is 19.1. The summed E-state index contributed by atoms with van der Waals surface area (Å²) in [4.78, 5) is 6.53. The van der Waals surface area contributed by atoms with E-state index >= 15 is 0 Å². The van der Waals surface area contributed by atoms with Crippen molar-refractivity contribution < 1.29 is 0 Å². The van der Waals surface area contributed by atoms with Gasteiger partial charge in [0.2, 0.25) is 0 Å². The van der Waals surface area contributed by atoms with Crippen molar-refractivity contribution >= 4 is 96.7 Å². The van der Waals surface area contributed by atoms with Crippen LogP contribution in [0.2, 0.25) is 0 Å². The first-order valence-corrected chi connectivity index (χ1v) is 21.5. The minimum atomic E-state index is -2.68. The van der Waals surface area contributed by atoms with Crippen LogP contribution in [0.5, 0.6) is 0 Å². The van der Waals surface area contributed by atoms with Crippen LogP contribution in [-0.4, -0.2) is 20.3 Å². The average Bonchev–Trinajstić information content (AvgIpc) is 3.80. The number of benzene rings is 9. The SMILES string of the molecule is [B]1c2cccc3c2N(c2ccccc2[Si]32c3ccccc3-c3ccccc32)c2cc(-c3ccccc3)cc(-c3cccc4c3[nH]c3ccc5ccccc5c34)c21. The fourth-order valence-electron chi connectivity index (χ4n) is 10.6. The van der Waals surface area contributed by atoms with Crippen molar-refractivity contribution in [3.8, 4) is 33.4 Å². The summed E-state index contributed by atoms with van der Waals surface area (Å²) < 4.78 is 0. The van der Waals surface area contributed by atoms with Crippen molar-refractivity contribution in [3.63, 3.8) is 0 Å². The Morgan fingerprint density at radius 3 is 1.95 bits per heavy atom. The normalized spacial score (nSPS) is 14.0. The number of aromatic amines is 1. The van der Waals surface area contributed by atoms with Gasteiger partial charge in [-0.2, -0.15) is 0 Å². The highest BCUT2D eigenvalue weighted by atomic mass is 28.3. The number of aromatic nitrogens is 1. The zero-order chi connectivity index (χ0) is 36.5. The number of nitrogens with zero attached hydrogens (tertiary/aromatic N) is 1. The summed E-state index contributed by atoms with van der Waals surface area (Å²) in [6.45, 7) is 0. The van der Waals surface area contributed by atoms with E-state index < -0.39 is 8.07 Å². The largest absolute Gasteiger partial charge is 0.354 e. The third-order valence-corrected chi connectivity index (χ3v) is 17.7. The molecule has 1 spiro atoms. The minimum absolute atomic E-state index is 1.16. The summed E-state index contributed by atoms with van der Waals surface area (Å²) in [7, 11) is -0.198. The van der Waals surface area contributed by atoms with Crippen molar-refractivity contribution in [2.45, 2.75) is 0 Å². The van der Waals surface area contributed by atoms with Gasteiger partial charge in [0, 0.05) is 38.9 Å². The predicted molar refractivity (Wildman–Crippen MR) is 240 cm³/mol. The number of hydrogen-bond donors (Lipinski definition) is 1. The quantitative estimate of drug-likeness (QED) is 0.177. The van der Waals surface area contributed by atoms with Crippen LogP contribution >= 0.6 is 0 Å². The molecule has 0 atom stereocenters. The van der Waals surface area contributed by atoms with E-state index in [1.165, 1.54) is 109 Å². The fraction of sp³-hybridized carbons (Fsp3) is 0. The van der Waals surface area contributed by atoms with E-state index in [2.05, 4.69) is 205 Å². The lowest BCUT2D eigenvalue weighted by Gasteiger charge is -2.47. The highest BCUT2D eigenvalue weighted by Gasteiger charge is 2.54. The smallest absolute Gasteiger partial charge is 0.197 e. The van der Waals surface area contributed by atoms with Crippen molar-refractivity contribution in [1.29, 1.82) is 0 Å². The van der Waals surface area contributed by atoms with Crippen LogP contribution in [-0.2, 0) is 0 Å². The summed E-state index contributed by atoms with van der Waals surface area (Å²) >= 11 is 0. The van der Waals surface area contributed by atoms with Crippen LogP contribution in [0.1, 0.15) is 0 Å². The van der Waals surface area contributed by atoms with E-state index in [4.69, 9.17) is 0 Å². The summed E-state index contributed by atoms with van der Waals surface area (Å²) in [6, 6.07) is 70.6. The van der Waals surface area contributed by atoms with E-state index in [1.807, 2.05) is 0 Å². The van der Waals surface area contributed by atoms with Gasteiger partial charge in [-0.1, -0.05) is 169 Å². The molecule has 1 radical (unpaired) electrons. The minimum Gasteiger partial charge on any atom is -0.354 e. The van der Waals surface area contributed by atoms with Gasteiger partial charge >= 0.3 is 0 Å². The molecule has 1 aromatic heterocycles. The molecule has 10 aromatic rings. The van der Waals surface area contributed by atoms with Crippen molar-refractivity contribution in [2.75, 3.05) is 4.90 Å². The molecule has 2 nitrogen and oxygen atoms in total. The lowest BCUT2D eigenvalue weighted by molar-refractivity contribution is 1.30. The Bertz CT molecular complexity index is 3260. The number of nitrogens with one attached hydrogen (secondary N) is 1. The molecule has 0 amide bonds. The Morgan fingerprint density at radius 2 is 1.11 bits per heavy atom. The first kappa shape index (κ1) is 30.4. The lowest BCUT2D eigenvalue weighted by atomic mass is 9.58. The van der Waals surface area contributed by atoms with Crippen molar-refractivity contribution in [1.82, 2.24) is 4.98 Å². The molecule has 4 heterocycles. The molecule has 0 bridgehead atoms. The highest BCUT2D eigenvalue weighted by Crippen LogP contribution is 2.45. The number of rotatable bonds is 2. The van der Waals surface area contributed by atoms with Gasteiger partial charge in [0.1, 0.15) is 0 Å². The Morgan fingerprint density at radius 1 is 0.446 bits per heavy atom. The number of fused-ring (bicyclic) bond motifs is 16. The molecule has 0 fully saturated rings. The van der Waals surface area contributed by atoms with Gasteiger partial charge < -0.3 is 9.88 Å². The van der Waals surface area contributed by atoms with Gasteiger partial charge in [-0.15, -0.1) is 0 Å². The number of anilines is 3. The Hall–Kier alpha value is -6.88. The summed E-state index contributed by atoms with van der Waals surface area (Å²) in [5, 5.41) is 11.0. The van der Waals surface area contributed by atoms with E-state index in [0.29, 0.717) is 0 Å². The molecule has 56 heavy (non-hydrogen) atoms. The van der Waals surface area contributed by atoms with Crippen molar-refractivity contribution in [2.24, 2.45) is 0 Å². The van der Waals surface area contributed by atoms with Gasteiger partial charge in [0.25, 0.3) is 0 Å². The monoisotopic (exact) mass is 723 g/mol. The van der Waals surface area contributed by atoms with Gasteiger partial charge in [0.15, 0.2) is 15.4 Å². The van der Waals surface area contributed by atoms with Crippen LogP contribution in [0, 0.1) is 0 Å². The topological polar surface area (TPSA) is 19.0 Å². The number of hydrogen-bond acceptors (Lipinski definition) is 1. The predicted octanol–water partition coefficient (Wildman–Crippen LogP) is 8.92. The van der Waals surface area contributed by atoms with E-state index in [0.717, 1.165) is 5.52 Å². The van der Waals surface area contributed by atoms with E-state index in [-0.39, 0.29) is 0 Å². The third-order valence-electron chi connectivity index (χ3n) is 12.8.